The first-order valence-electron chi connectivity index (χ1n) is 9.29. The van der Waals surface area contributed by atoms with E-state index in [0.29, 0.717) is 19.4 Å². The van der Waals surface area contributed by atoms with Crippen molar-refractivity contribution in [1.82, 2.24) is 15.5 Å². The van der Waals surface area contributed by atoms with Crippen molar-refractivity contribution in [3.8, 4) is 0 Å². The van der Waals surface area contributed by atoms with Crippen molar-refractivity contribution in [1.29, 1.82) is 0 Å². The summed E-state index contributed by atoms with van der Waals surface area (Å²) in [4.78, 5) is 49.2. The lowest BCUT2D eigenvalue weighted by Crippen LogP contribution is -2.47. The minimum absolute atomic E-state index is 0.0835. The lowest BCUT2D eigenvalue weighted by atomic mass is 10.2. The number of ether oxygens (including phenoxy) is 2. The van der Waals surface area contributed by atoms with Gasteiger partial charge >= 0.3 is 12.1 Å². The molecule has 1 saturated heterocycles. The molecule has 0 radical (unpaired) electrons. The van der Waals surface area contributed by atoms with Gasteiger partial charge in [-0.2, -0.15) is 0 Å². The van der Waals surface area contributed by atoms with Gasteiger partial charge in [0.25, 0.3) is 0 Å². The second-order valence-corrected chi connectivity index (χ2v) is 6.36. The van der Waals surface area contributed by atoms with Gasteiger partial charge < -0.3 is 25.0 Å². The molecule has 1 aliphatic heterocycles. The molecule has 9 nitrogen and oxygen atoms in total. The number of amides is 3. The number of carbonyl (C=O) groups excluding carboxylic acids is 4. The van der Waals surface area contributed by atoms with Crippen LogP contribution in [0.4, 0.5) is 4.79 Å². The molecule has 0 bridgehead atoms. The van der Waals surface area contributed by atoms with Crippen LogP contribution in [0.2, 0.25) is 0 Å². The molecule has 9 heteroatoms. The standard InChI is InChI=1S/C20H25N3O6/c1-2-11-28-19(26)16-9-6-10-23(16)18(25)13-21-17(24)12-22-20(27)29-14-15-7-4-3-5-8-15/h2-5,7-8,16H,1,6,9-14H2,(H,21,24)(H,22,27)/t16-/m1/s1. The highest BCUT2D eigenvalue weighted by Gasteiger charge is 2.34. The molecular formula is C20H25N3O6. The number of esters is 1. The van der Waals surface area contributed by atoms with E-state index in [1.807, 2.05) is 30.3 Å². The van der Waals surface area contributed by atoms with Crippen molar-refractivity contribution in [3.05, 3.63) is 48.6 Å². The van der Waals surface area contributed by atoms with Crippen molar-refractivity contribution in [2.75, 3.05) is 26.2 Å². The molecule has 3 amide bonds. The van der Waals surface area contributed by atoms with Crippen LogP contribution in [-0.2, 0) is 30.5 Å². The number of likely N-dealkylation sites (tertiary alicyclic amines) is 1. The van der Waals surface area contributed by atoms with Crippen molar-refractivity contribution in [3.63, 3.8) is 0 Å². The van der Waals surface area contributed by atoms with Crippen molar-refractivity contribution in [2.24, 2.45) is 0 Å². The largest absolute Gasteiger partial charge is 0.460 e. The van der Waals surface area contributed by atoms with E-state index in [9.17, 15) is 19.2 Å². The van der Waals surface area contributed by atoms with E-state index in [4.69, 9.17) is 9.47 Å². The van der Waals surface area contributed by atoms with E-state index in [1.54, 1.807) is 0 Å². The van der Waals surface area contributed by atoms with Crippen molar-refractivity contribution < 1.29 is 28.7 Å². The molecule has 0 spiro atoms. The smallest absolute Gasteiger partial charge is 0.407 e. The minimum Gasteiger partial charge on any atom is -0.460 e. The zero-order valence-corrected chi connectivity index (χ0v) is 16.1. The van der Waals surface area contributed by atoms with Gasteiger partial charge in [-0.3, -0.25) is 9.59 Å². The van der Waals surface area contributed by atoms with Gasteiger partial charge in [0.2, 0.25) is 11.8 Å². The molecule has 1 aromatic carbocycles. The van der Waals surface area contributed by atoms with Crippen LogP contribution in [0.25, 0.3) is 0 Å². The summed E-state index contributed by atoms with van der Waals surface area (Å²) >= 11 is 0. The highest BCUT2D eigenvalue weighted by atomic mass is 16.5. The molecule has 1 fully saturated rings. The van der Waals surface area contributed by atoms with Crippen LogP contribution in [0.15, 0.2) is 43.0 Å². The third-order valence-electron chi connectivity index (χ3n) is 4.23. The first-order valence-corrected chi connectivity index (χ1v) is 9.29. The number of carbonyl (C=O) groups is 4. The van der Waals surface area contributed by atoms with Gasteiger partial charge in [0.15, 0.2) is 0 Å². The fraction of sp³-hybridized carbons (Fsp3) is 0.400. The van der Waals surface area contributed by atoms with E-state index in [-0.39, 0.29) is 32.2 Å². The number of nitrogens with zero attached hydrogens (tertiary/aromatic N) is 1. The van der Waals surface area contributed by atoms with Crippen LogP contribution in [-0.4, -0.2) is 61.1 Å². The highest BCUT2D eigenvalue weighted by Crippen LogP contribution is 2.18. The maximum atomic E-state index is 12.3. The number of nitrogens with one attached hydrogen (secondary N) is 2. The minimum atomic E-state index is -0.736. The topological polar surface area (TPSA) is 114 Å². The number of rotatable bonds is 9. The van der Waals surface area contributed by atoms with Gasteiger partial charge in [-0.05, 0) is 18.4 Å². The van der Waals surface area contributed by atoms with Crippen LogP contribution in [0.5, 0.6) is 0 Å². The molecule has 29 heavy (non-hydrogen) atoms. The maximum absolute atomic E-state index is 12.3. The van der Waals surface area contributed by atoms with Gasteiger partial charge in [0.1, 0.15) is 25.8 Å². The van der Waals surface area contributed by atoms with Crippen molar-refractivity contribution in [2.45, 2.75) is 25.5 Å². The number of benzene rings is 1. The fourth-order valence-electron chi connectivity index (χ4n) is 2.81. The van der Waals surface area contributed by atoms with Gasteiger partial charge in [-0.15, -0.1) is 0 Å². The molecule has 156 valence electrons. The molecule has 1 aromatic rings. The monoisotopic (exact) mass is 403 g/mol. The van der Waals surface area contributed by atoms with Crippen LogP contribution in [0, 0.1) is 0 Å². The first kappa shape index (κ1) is 21.9. The fourth-order valence-corrected chi connectivity index (χ4v) is 2.81. The van der Waals surface area contributed by atoms with E-state index < -0.39 is 24.0 Å². The normalized spacial score (nSPS) is 15.3. The molecule has 1 atom stereocenters. The Morgan fingerprint density at radius 3 is 2.59 bits per heavy atom. The Balaban J connectivity index is 1.67. The molecule has 2 N–H and O–H groups in total. The lowest BCUT2D eigenvalue weighted by Gasteiger charge is -2.23. The van der Waals surface area contributed by atoms with E-state index in [0.717, 1.165) is 5.56 Å². The molecule has 0 aliphatic carbocycles. The Morgan fingerprint density at radius 1 is 1.10 bits per heavy atom. The van der Waals surface area contributed by atoms with E-state index >= 15 is 0 Å². The second-order valence-electron chi connectivity index (χ2n) is 6.36. The van der Waals surface area contributed by atoms with E-state index in [1.165, 1.54) is 11.0 Å². The van der Waals surface area contributed by atoms with E-state index in [2.05, 4.69) is 17.2 Å². The van der Waals surface area contributed by atoms with Gasteiger partial charge in [0, 0.05) is 6.54 Å². The highest BCUT2D eigenvalue weighted by molar-refractivity contribution is 5.90. The average molecular weight is 403 g/mol. The van der Waals surface area contributed by atoms with Crippen LogP contribution in [0.1, 0.15) is 18.4 Å². The van der Waals surface area contributed by atoms with Crippen LogP contribution >= 0.6 is 0 Å². The average Bonchev–Trinajstić information content (AvgIpc) is 3.23. The molecule has 2 rings (SSSR count). The Morgan fingerprint density at radius 2 is 1.86 bits per heavy atom. The maximum Gasteiger partial charge on any atom is 0.407 e. The predicted molar refractivity (Wildman–Crippen MR) is 104 cm³/mol. The zero-order chi connectivity index (χ0) is 21.1. The molecule has 0 aromatic heterocycles. The van der Waals surface area contributed by atoms with Crippen LogP contribution in [0.3, 0.4) is 0 Å². The summed E-state index contributed by atoms with van der Waals surface area (Å²) in [6, 6.07) is 8.47. The third kappa shape index (κ3) is 7.28. The lowest BCUT2D eigenvalue weighted by molar-refractivity contribution is -0.152. The summed E-state index contributed by atoms with van der Waals surface area (Å²) in [5.74, 6) is -1.41. The Kier molecular flexibility index (Phi) is 8.68. The summed E-state index contributed by atoms with van der Waals surface area (Å²) in [6.45, 7) is 3.47. The van der Waals surface area contributed by atoms with Crippen LogP contribution < -0.4 is 10.6 Å². The molecule has 0 unspecified atom stereocenters. The quantitative estimate of drug-likeness (QED) is 0.465. The molecule has 1 heterocycles. The number of alkyl carbamates (subject to hydrolysis) is 1. The SMILES string of the molecule is C=CCOC(=O)[C@H]1CCCN1C(=O)CNC(=O)CNC(=O)OCc1ccccc1. The second kappa shape index (κ2) is 11.5. The summed E-state index contributed by atoms with van der Waals surface area (Å²) in [7, 11) is 0. The Bertz CT molecular complexity index is 737. The zero-order valence-electron chi connectivity index (χ0n) is 16.1. The number of hydrogen-bond acceptors (Lipinski definition) is 6. The summed E-state index contributed by atoms with van der Waals surface area (Å²) < 4.78 is 10.00. The van der Waals surface area contributed by atoms with Gasteiger partial charge in [-0.25, -0.2) is 9.59 Å². The summed E-state index contributed by atoms with van der Waals surface area (Å²) in [6.07, 6.45) is 1.92. The Hall–Kier alpha value is -3.36. The van der Waals surface area contributed by atoms with Gasteiger partial charge in [0.05, 0.1) is 6.54 Å². The first-order chi connectivity index (χ1) is 14.0. The summed E-state index contributed by atoms with van der Waals surface area (Å²) in [5, 5.41) is 4.74. The predicted octanol–water partition coefficient (Wildman–Crippen LogP) is 0.749. The molecule has 0 saturated carbocycles. The Labute approximate surface area is 169 Å². The molecule has 1 aliphatic rings. The molecular weight excluding hydrogens is 378 g/mol. The third-order valence-corrected chi connectivity index (χ3v) is 4.23. The van der Waals surface area contributed by atoms with Gasteiger partial charge in [-0.1, -0.05) is 43.0 Å². The van der Waals surface area contributed by atoms with Crippen molar-refractivity contribution >= 4 is 23.9 Å². The number of hydrogen-bond donors (Lipinski definition) is 2. The summed E-state index contributed by atoms with van der Waals surface area (Å²) in [5.41, 5.74) is 0.824.